The molecule has 4 aromatic rings. The first-order chi connectivity index (χ1) is 12.2. The number of likely N-dealkylation sites (N-methyl/N-ethyl adjacent to an activating group) is 1. The standard InChI is InChI=1S/C19H17FN4O/c1-21-17(10-13-11-22-16-5-3-2-4-15(13)16)19-23-18(24-25-19)12-6-8-14(20)9-7-12/h2-9,11,17,21-22H,10H2,1H3. The van der Waals surface area contributed by atoms with Crippen molar-refractivity contribution >= 4 is 10.9 Å². The summed E-state index contributed by atoms with van der Waals surface area (Å²) in [5, 5.41) is 8.43. The van der Waals surface area contributed by atoms with E-state index in [0.29, 0.717) is 18.1 Å². The first-order valence-electron chi connectivity index (χ1n) is 8.06. The summed E-state index contributed by atoms with van der Waals surface area (Å²) in [6, 6.07) is 14.1. The number of nitrogens with zero attached hydrogens (tertiary/aromatic N) is 2. The number of nitrogens with one attached hydrogen (secondary N) is 2. The highest BCUT2D eigenvalue weighted by molar-refractivity contribution is 5.83. The molecule has 6 heteroatoms. The zero-order valence-corrected chi connectivity index (χ0v) is 13.7. The smallest absolute Gasteiger partial charge is 0.244 e. The number of rotatable bonds is 5. The van der Waals surface area contributed by atoms with E-state index < -0.39 is 0 Å². The number of halogens is 1. The number of para-hydroxylation sites is 1. The van der Waals surface area contributed by atoms with E-state index >= 15 is 0 Å². The minimum absolute atomic E-state index is 0.110. The summed E-state index contributed by atoms with van der Waals surface area (Å²) in [5.74, 6) is 0.668. The molecule has 0 aliphatic heterocycles. The summed E-state index contributed by atoms with van der Waals surface area (Å²) in [6.45, 7) is 0. The van der Waals surface area contributed by atoms with Crippen molar-refractivity contribution < 1.29 is 8.91 Å². The molecule has 2 aromatic carbocycles. The Morgan fingerprint density at radius 3 is 2.76 bits per heavy atom. The topological polar surface area (TPSA) is 66.7 Å². The predicted octanol–water partition coefficient (Wildman–Crippen LogP) is 3.86. The van der Waals surface area contributed by atoms with Gasteiger partial charge in [0.2, 0.25) is 11.7 Å². The van der Waals surface area contributed by atoms with Crippen molar-refractivity contribution in [2.45, 2.75) is 12.5 Å². The zero-order valence-electron chi connectivity index (χ0n) is 13.7. The van der Waals surface area contributed by atoms with Gasteiger partial charge in [0.15, 0.2) is 0 Å². The molecular formula is C19H17FN4O. The van der Waals surface area contributed by atoms with Gasteiger partial charge >= 0.3 is 0 Å². The molecule has 0 saturated heterocycles. The summed E-state index contributed by atoms with van der Waals surface area (Å²) in [7, 11) is 1.86. The fraction of sp³-hybridized carbons (Fsp3) is 0.158. The van der Waals surface area contributed by atoms with Gasteiger partial charge in [-0.1, -0.05) is 23.4 Å². The van der Waals surface area contributed by atoms with Gasteiger partial charge in [-0.3, -0.25) is 0 Å². The maximum absolute atomic E-state index is 13.1. The van der Waals surface area contributed by atoms with Crippen molar-refractivity contribution in [2.24, 2.45) is 0 Å². The van der Waals surface area contributed by atoms with Crippen LogP contribution < -0.4 is 5.32 Å². The van der Waals surface area contributed by atoms with E-state index in [1.54, 1.807) is 12.1 Å². The van der Waals surface area contributed by atoms with Crippen molar-refractivity contribution in [1.82, 2.24) is 20.4 Å². The molecular weight excluding hydrogens is 319 g/mol. The van der Waals surface area contributed by atoms with Crippen LogP contribution in [0.3, 0.4) is 0 Å². The quantitative estimate of drug-likeness (QED) is 0.581. The van der Waals surface area contributed by atoms with Crippen LogP contribution in [0.5, 0.6) is 0 Å². The lowest BCUT2D eigenvalue weighted by Gasteiger charge is -2.10. The van der Waals surface area contributed by atoms with E-state index in [4.69, 9.17) is 4.52 Å². The number of fused-ring (bicyclic) bond motifs is 1. The Hall–Kier alpha value is -2.99. The molecule has 1 atom stereocenters. The summed E-state index contributed by atoms with van der Waals surface area (Å²) < 4.78 is 18.5. The van der Waals surface area contributed by atoms with Crippen molar-refractivity contribution in [3.05, 3.63) is 72.0 Å². The lowest BCUT2D eigenvalue weighted by molar-refractivity contribution is 0.337. The summed E-state index contributed by atoms with van der Waals surface area (Å²) >= 11 is 0. The lowest BCUT2D eigenvalue weighted by atomic mass is 10.1. The third kappa shape index (κ3) is 3.04. The van der Waals surface area contributed by atoms with Gasteiger partial charge in [0.05, 0.1) is 6.04 Å². The lowest BCUT2D eigenvalue weighted by Crippen LogP contribution is -2.19. The molecule has 0 radical (unpaired) electrons. The maximum Gasteiger partial charge on any atom is 0.244 e. The van der Waals surface area contributed by atoms with Crippen molar-refractivity contribution in [2.75, 3.05) is 7.05 Å². The number of hydrogen-bond acceptors (Lipinski definition) is 4. The van der Waals surface area contributed by atoms with Crippen LogP contribution in [0, 0.1) is 5.82 Å². The van der Waals surface area contributed by atoms with E-state index in [-0.39, 0.29) is 11.9 Å². The fourth-order valence-electron chi connectivity index (χ4n) is 2.93. The monoisotopic (exact) mass is 336 g/mol. The normalized spacial score (nSPS) is 12.6. The van der Waals surface area contributed by atoms with Crippen LogP contribution in [0.25, 0.3) is 22.3 Å². The van der Waals surface area contributed by atoms with E-state index in [1.807, 2.05) is 31.4 Å². The Labute approximate surface area is 143 Å². The van der Waals surface area contributed by atoms with E-state index in [2.05, 4.69) is 26.5 Å². The van der Waals surface area contributed by atoms with Gasteiger partial charge < -0.3 is 14.8 Å². The van der Waals surface area contributed by atoms with Crippen LogP contribution in [0.15, 0.2) is 59.3 Å². The first kappa shape index (κ1) is 15.5. The Bertz CT molecular complexity index is 990. The van der Waals surface area contributed by atoms with Gasteiger partial charge in [0, 0.05) is 22.7 Å². The average Bonchev–Trinajstić information content (AvgIpc) is 3.28. The molecule has 0 fully saturated rings. The number of aromatic amines is 1. The van der Waals surface area contributed by atoms with Gasteiger partial charge in [-0.2, -0.15) is 4.98 Å². The molecule has 2 N–H and O–H groups in total. The maximum atomic E-state index is 13.1. The van der Waals surface area contributed by atoms with Crippen LogP contribution in [0.4, 0.5) is 4.39 Å². The zero-order chi connectivity index (χ0) is 17.2. The van der Waals surface area contributed by atoms with E-state index in [9.17, 15) is 4.39 Å². The Morgan fingerprint density at radius 2 is 1.96 bits per heavy atom. The molecule has 25 heavy (non-hydrogen) atoms. The molecule has 0 spiro atoms. The average molecular weight is 336 g/mol. The highest BCUT2D eigenvalue weighted by Crippen LogP contribution is 2.25. The van der Waals surface area contributed by atoms with Gasteiger partial charge in [-0.15, -0.1) is 0 Å². The molecule has 126 valence electrons. The Balaban J connectivity index is 1.60. The molecule has 0 bridgehead atoms. The number of benzene rings is 2. The molecule has 2 heterocycles. The van der Waals surface area contributed by atoms with Gasteiger partial charge in [-0.05, 0) is 49.4 Å². The van der Waals surface area contributed by atoms with Crippen LogP contribution >= 0.6 is 0 Å². The van der Waals surface area contributed by atoms with Crippen molar-refractivity contribution in [1.29, 1.82) is 0 Å². The third-order valence-electron chi connectivity index (χ3n) is 4.29. The highest BCUT2D eigenvalue weighted by atomic mass is 19.1. The SMILES string of the molecule is CNC(Cc1c[nH]c2ccccc12)c1nc(-c2ccc(F)cc2)no1. The van der Waals surface area contributed by atoms with Gasteiger partial charge in [-0.25, -0.2) is 4.39 Å². The minimum atomic E-state index is -0.292. The van der Waals surface area contributed by atoms with E-state index in [1.165, 1.54) is 23.1 Å². The minimum Gasteiger partial charge on any atom is -0.361 e. The number of H-pyrrole nitrogens is 1. The van der Waals surface area contributed by atoms with Gasteiger partial charge in [0.1, 0.15) is 5.82 Å². The van der Waals surface area contributed by atoms with Crippen molar-refractivity contribution in [3.8, 4) is 11.4 Å². The van der Waals surface area contributed by atoms with Crippen LogP contribution in [0.2, 0.25) is 0 Å². The first-order valence-corrected chi connectivity index (χ1v) is 8.06. The molecule has 2 aromatic heterocycles. The number of aromatic nitrogens is 3. The predicted molar refractivity (Wildman–Crippen MR) is 93.5 cm³/mol. The summed E-state index contributed by atoms with van der Waals surface area (Å²) in [4.78, 5) is 7.74. The van der Waals surface area contributed by atoms with Crippen molar-refractivity contribution in [3.63, 3.8) is 0 Å². The molecule has 0 aliphatic carbocycles. The molecule has 0 aliphatic rings. The Kier molecular flexibility index (Phi) is 4.03. The fourth-order valence-corrected chi connectivity index (χ4v) is 2.93. The second kappa shape index (κ2) is 6.49. The molecule has 4 rings (SSSR count). The second-order valence-corrected chi connectivity index (χ2v) is 5.87. The summed E-state index contributed by atoms with van der Waals surface area (Å²) in [5.41, 5.74) is 3.00. The van der Waals surface area contributed by atoms with Crippen LogP contribution in [-0.2, 0) is 6.42 Å². The largest absolute Gasteiger partial charge is 0.361 e. The van der Waals surface area contributed by atoms with Crippen LogP contribution in [-0.4, -0.2) is 22.2 Å². The van der Waals surface area contributed by atoms with Gasteiger partial charge in [0.25, 0.3) is 0 Å². The number of hydrogen-bond donors (Lipinski definition) is 2. The second-order valence-electron chi connectivity index (χ2n) is 5.87. The Morgan fingerprint density at radius 1 is 1.16 bits per heavy atom. The molecule has 0 amide bonds. The van der Waals surface area contributed by atoms with E-state index in [0.717, 1.165) is 11.1 Å². The molecule has 5 nitrogen and oxygen atoms in total. The molecule has 1 unspecified atom stereocenters. The third-order valence-corrected chi connectivity index (χ3v) is 4.29. The highest BCUT2D eigenvalue weighted by Gasteiger charge is 2.20. The van der Waals surface area contributed by atoms with Crippen LogP contribution in [0.1, 0.15) is 17.5 Å². The molecule has 0 saturated carbocycles. The summed E-state index contributed by atoms with van der Waals surface area (Å²) in [6.07, 6.45) is 2.72.